The van der Waals surface area contributed by atoms with Crippen LogP contribution in [-0.4, -0.2) is 16.5 Å². The summed E-state index contributed by atoms with van der Waals surface area (Å²) in [6.07, 6.45) is 1.80. The Kier molecular flexibility index (Phi) is 16.2. The number of aromatic nitrogens is 2. The first-order valence-corrected chi connectivity index (χ1v) is 15.2. The van der Waals surface area contributed by atoms with E-state index in [1.54, 1.807) is 0 Å². The number of hydrogen-bond donors (Lipinski definition) is 2. The first-order valence-electron chi connectivity index (χ1n) is 15.2. The minimum atomic E-state index is -4.76. The van der Waals surface area contributed by atoms with E-state index < -0.39 is 23.5 Å². The van der Waals surface area contributed by atoms with Crippen molar-refractivity contribution in [2.24, 2.45) is 11.7 Å². The molecule has 1 aromatic heterocycles. The minimum Gasteiger partial charge on any atom is -0.339 e. The minimum absolute atomic E-state index is 0.0347. The Labute approximate surface area is 257 Å². The summed E-state index contributed by atoms with van der Waals surface area (Å²) in [6.45, 7) is 18.5. The number of unbranched alkanes of at least 4 members (excludes halogenated alkanes) is 2. The fraction of sp³-hybridized carbons (Fsp3) is 0.457. The molecule has 3 N–H and O–H groups in total. The Morgan fingerprint density at radius 3 is 2.16 bits per heavy atom. The maximum Gasteiger partial charge on any atom is 0.416 e. The number of nitrogens with zero attached hydrogens (tertiary/aromatic N) is 1. The molecule has 244 valence electrons. The van der Waals surface area contributed by atoms with Gasteiger partial charge in [0.15, 0.2) is 0 Å². The van der Waals surface area contributed by atoms with Gasteiger partial charge in [0.25, 0.3) is 0 Å². The van der Waals surface area contributed by atoms with Gasteiger partial charge in [-0.1, -0.05) is 90.8 Å². The molecular weight excluding hydrogens is 576 g/mol. The van der Waals surface area contributed by atoms with Crippen LogP contribution in [0.4, 0.5) is 26.3 Å². The third-order valence-corrected chi connectivity index (χ3v) is 7.05. The number of aryl methyl sites for hydroxylation is 1. The Morgan fingerprint density at radius 2 is 1.61 bits per heavy atom. The summed E-state index contributed by atoms with van der Waals surface area (Å²) in [6, 6.07) is 8.00. The lowest BCUT2D eigenvalue weighted by molar-refractivity contribution is -0.143. The molecule has 0 aliphatic carbocycles. The van der Waals surface area contributed by atoms with Gasteiger partial charge >= 0.3 is 12.4 Å². The highest BCUT2D eigenvalue weighted by Crippen LogP contribution is 2.37. The van der Waals surface area contributed by atoms with Gasteiger partial charge in [-0.05, 0) is 84.5 Å². The van der Waals surface area contributed by atoms with Crippen molar-refractivity contribution in [3.63, 3.8) is 0 Å². The van der Waals surface area contributed by atoms with Gasteiger partial charge in [-0.3, -0.25) is 0 Å². The third kappa shape index (κ3) is 12.3. The number of alkyl halides is 6. The molecule has 0 aliphatic rings. The van der Waals surface area contributed by atoms with Crippen LogP contribution in [0, 0.1) is 5.92 Å². The fourth-order valence-electron chi connectivity index (χ4n) is 4.76. The van der Waals surface area contributed by atoms with Gasteiger partial charge in [-0.15, -0.1) is 0 Å². The lowest BCUT2D eigenvalue weighted by Crippen LogP contribution is -2.23. The SMILES string of the molecule is C=c1nc(CC(CCN)CCCCC)/c(=C/c2ccc(=C)/c(=C\C)c2)[nH]1.CC.CCc1ccc(C(F)(F)F)cc1C(F)(F)F. The van der Waals surface area contributed by atoms with Crippen molar-refractivity contribution >= 4 is 25.3 Å². The first-order chi connectivity index (χ1) is 20.7. The monoisotopic (exact) mass is 623 g/mol. The zero-order valence-corrected chi connectivity index (χ0v) is 26.6. The number of benzene rings is 2. The molecule has 3 aromatic rings. The number of H-pyrrole nitrogens is 1. The van der Waals surface area contributed by atoms with E-state index in [9.17, 15) is 26.3 Å². The quantitative estimate of drug-likeness (QED) is 0.185. The molecule has 0 aliphatic heterocycles. The molecule has 9 heteroatoms. The molecule has 0 radical (unpaired) electrons. The van der Waals surface area contributed by atoms with Gasteiger partial charge < -0.3 is 10.7 Å². The van der Waals surface area contributed by atoms with Gasteiger partial charge in [0, 0.05) is 0 Å². The largest absolute Gasteiger partial charge is 0.416 e. The van der Waals surface area contributed by atoms with Crippen LogP contribution in [-0.2, 0) is 25.2 Å². The highest BCUT2D eigenvalue weighted by molar-refractivity contribution is 5.50. The van der Waals surface area contributed by atoms with Crippen molar-refractivity contribution in [2.45, 2.75) is 91.9 Å². The van der Waals surface area contributed by atoms with Crippen molar-refractivity contribution in [3.05, 3.63) is 85.6 Å². The molecule has 2 aromatic carbocycles. The van der Waals surface area contributed by atoms with E-state index in [1.165, 1.54) is 32.6 Å². The molecule has 1 heterocycles. The molecule has 0 saturated carbocycles. The number of halogens is 6. The van der Waals surface area contributed by atoms with E-state index in [0.717, 1.165) is 58.0 Å². The van der Waals surface area contributed by atoms with Gasteiger partial charge in [0.2, 0.25) is 0 Å². The number of rotatable bonds is 10. The van der Waals surface area contributed by atoms with Gasteiger partial charge in [0.05, 0.1) is 22.2 Å². The van der Waals surface area contributed by atoms with E-state index in [4.69, 9.17) is 5.73 Å². The Morgan fingerprint density at radius 1 is 0.932 bits per heavy atom. The Bertz CT molecular complexity index is 1500. The summed E-state index contributed by atoms with van der Waals surface area (Å²) >= 11 is 0. The van der Waals surface area contributed by atoms with Crippen LogP contribution < -0.4 is 27.0 Å². The van der Waals surface area contributed by atoms with Crippen molar-refractivity contribution in [1.82, 2.24) is 9.97 Å². The standard InChI is InChI=1S/C23H33N3.C10H8F6.C2H6/c1-5-7-8-9-19(12-13-24)15-22-23(26-18(4)25-22)16-20-11-10-17(3)21(6-2)14-20;1-2-6-3-4-7(9(11,12)13)5-8(6)10(14,15)16;1-2/h6,10-11,14,16,19,26H,3-5,7-9,12-13,15,24H2,1-2H3;3-5H,2H2,1H3;1-2H3/b21-6-,23-16-;;. The van der Waals surface area contributed by atoms with Crippen LogP contribution in [0.2, 0.25) is 0 Å². The summed E-state index contributed by atoms with van der Waals surface area (Å²) in [7, 11) is 0. The molecule has 0 saturated heterocycles. The van der Waals surface area contributed by atoms with Crippen molar-refractivity contribution in [3.8, 4) is 0 Å². The van der Waals surface area contributed by atoms with Crippen LogP contribution in [0.25, 0.3) is 25.3 Å². The lowest BCUT2D eigenvalue weighted by Gasteiger charge is -2.14. The van der Waals surface area contributed by atoms with Crippen LogP contribution in [0.3, 0.4) is 0 Å². The average Bonchev–Trinajstić information content (AvgIpc) is 3.32. The fourth-order valence-corrected chi connectivity index (χ4v) is 4.76. The average molecular weight is 624 g/mol. The number of hydrogen-bond acceptors (Lipinski definition) is 2. The summed E-state index contributed by atoms with van der Waals surface area (Å²) in [5, 5.41) is 3.27. The molecule has 44 heavy (non-hydrogen) atoms. The highest BCUT2D eigenvalue weighted by atomic mass is 19.4. The molecule has 3 nitrogen and oxygen atoms in total. The first kappa shape index (κ1) is 38.7. The van der Waals surface area contributed by atoms with Crippen LogP contribution in [0.5, 0.6) is 0 Å². The van der Waals surface area contributed by atoms with Crippen molar-refractivity contribution in [2.75, 3.05) is 6.54 Å². The zero-order chi connectivity index (χ0) is 33.5. The molecule has 1 atom stereocenters. The van der Waals surface area contributed by atoms with E-state index in [-0.39, 0.29) is 18.1 Å². The summed E-state index contributed by atoms with van der Waals surface area (Å²) in [5.74, 6) is 0.586. The maximum absolute atomic E-state index is 12.4. The predicted molar refractivity (Wildman–Crippen MR) is 170 cm³/mol. The lowest BCUT2D eigenvalue weighted by atomic mass is 9.93. The molecule has 0 spiro atoms. The predicted octanol–water partition coefficient (Wildman–Crippen LogP) is 7.26. The van der Waals surface area contributed by atoms with Crippen LogP contribution in [0.15, 0.2) is 36.4 Å². The van der Waals surface area contributed by atoms with Crippen molar-refractivity contribution < 1.29 is 26.3 Å². The second-order valence-corrected chi connectivity index (χ2v) is 10.3. The van der Waals surface area contributed by atoms with E-state index in [2.05, 4.69) is 60.4 Å². The summed E-state index contributed by atoms with van der Waals surface area (Å²) < 4.78 is 74.0. The number of nitrogens with two attached hydrogens (primary N) is 1. The summed E-state index contributed by atoms with van der Waals surface area (Å²) in [5.41, 5.74) is 6.18. The van der Waals surface area contributed by atoms with Crippen LogP contribution >= 0.6 is 0 Å². The van der Waals surface area contributed by atoms with Gasteiger partial charge in [-0.25, -0.2) is 4.98 Å². The highest BCUT2D eigenvalue weighted by Gasteiger charge is 2.37. The molecule has 0 fully saturated rings. The maximum atomic E-state index is 12.4. The second-order valence-electron chi connectivity index (χ2n) is 10.3. The topological polar surface area (TPSA) is 54.7 Å². The van der Waals surface area contributed by atoms with Crippen molar-refractivity contribution in [1.29, 1.82) is 0 Å². The molecular formula is C35H47F6N3. The third-order valence-electron chi connectivity index (χ3n) is 7.05. The van der Waals surface area contributed by atoms with E-state index >= 15 is 0 Å². The Balaban J connectivity index is 0.000000461. The normalized spacial score (nSPS) is 13.2. The van der Waals surface area contributed by atoms with Gasteiger partial charge in [0.1, 0.15) is 5.48 Å². The molecule has 1 unspecified atom stereocenters. The van der Waals surface area contributed by atoms with E-state index in [1.807, 2.05) is 20.8 Å². The van der Waals surface area contributed by atoms with E-state index in [0.29, 0.717) is 12.0 Å². The number of imidazole rings is 1. The zero-order valence-electron chi connectivity index (χ0n) is 26.6. The molecule has 3 rings (SSSR count). The van der Waals surface area contributed by atoms with Crippen LogP contribution in [0.1, 0.15) is 94.7 Å². The summed E-state index contributed by atoms with van der Waals surface area (Å²) in [4.78, 5) is 7.98. The molecule has 0 bridgehead atoms. The molecule has 0 amide bonds. The number of aromatic amines is 1. The Hall–Kier alpha value is -3.33. The number of nitrogens with one attached hydrogen (secondary N) is 1. The van der Waals surface area contributed by atoms with Gasteiger partial charge in [-0.2, -0.15) is 26.3 Å². The second kappa shape index (κ2) is 18.5. The smallest absolute Gasteiger partial charge is 0.339 e.